The van der Waals surface area contributed by atoms with E-state index in [1.807, 2.05) is 13.8 Å². The van der Waals surface area contributed by atoms with Crippen LogP contribution in [0.15, 0.2) is 59.0 Å². The summed E-state index contributed by atoms with van der Waals surface area (Å²) in [6, 6.07) is 14.7. The second-order valence-electron chi connectivity index (χ2n) is 6.69. The molecule has 2 aromatic rings. The van der Waals surface area contributed by atoms with Crippen LogP contribution in [0.4, 0.5) is 5.69 Å². The van der Waals surface area contributed by atoms with Crippen LogP contribution in [0.5, 0.6) is 0 Å². The molecule has 168 valence electrons. The van der Waals surface area contributed by atoms with Crippen molar-refractivity contribution >= 4 is 53.7 Å². The van der Waals surface area contributed by atoms with Gasteiger partial charge in [0.25, 0.3) is 0 Å². The molecule has 9 nitrogen and oxygen atoms in total. The van der Waals surface area contributed by atoms with Gasteiger partial charge in [-0.15, -0.1) is 0 Å². The van der Waals surface area contributed by atoms with Crippen molar-refractivity contribution in [1.82, 2.24) is 0 Å². The van der Waals surface area contributed by atoms with Crippen molar-refractivity contribution in [2.45, 2.75) is 13.8 Å². The SMILES string of the molecule is CC.Nc1ccc2c(-c3ccccc3)c3ccc(=[NH2+])c([As](=O)(O)O)c-3oc2c1[As](=O)(O)O. The Bertz CT molecular complexity index is 1420. The molecule has 32 heavy (non-hydrogen) atoms. The van der Waals surface area contributed by atoms with Gasteiger partial charge in [-0.25, -0.2) is 0 Å². The summed E-state index contributed by atoms with van der Waals surface area (Å²) in [7, 11) is 0. The molecule has 1 aliphatic carbocycles. The average molecular weight is 565 g/mol. The Morgan fingerprint density at radius 2 is 1.44 bits per heavy atom. The van der Waals surface area contributed by atoms with Crippen molar-refractivity contribution in [1.29, 1.82) is 0 Å². The molecule has 0 saturated carbocycles. The molecule has 0 atom stereocenters. The molecule has 1 heterocycles. The van der Waals surface area contributed by atoms with Gasteiger partial charge in [-0.2, -0.15) is 0 Å². The number of hydrogen-bond acceptors (Lipinski definition) is 4. The van der Waals surface area contributed by atoms with Crippen LogP contribution in [-0.4, -0.2) is 44.7 Å². The number of rotatable bonds is 3. The minimum absolute atomic E-state index is 0.177. The third-order valence-corrected chi connectivity index (χ3v) is 9.09. The molecule has 0 spiro atoms. The zero-order valence-corrected chi connectivity index (χ0v) is 21.0. The van der Waals surface area contributed by atoms with E-state index in [0.717, 1.165) is 0 Å². The van der Waals surface area contributed by atoms with Gasteiger partial charge in [0.15, 0.2) is 0 Å². The fourth-order valence-electron chi connectivity index (χ4n) is 3.54. The molecule has 8 N–H and O–H groups in total. The first-order valence-electron chi connectivity index (χ1n) is 9.58. The molecule has 1 aliphatic heterocycles. The van der Waals surface area contributed by atoms with Crippen LogP contribution in [0.3, 0.4) is 0 Å². The van der Waals surface area contributed by atoms with E-state index in [2.05, 4.69) is 0 Å². The van der Waals surface area contributed by atoms with E-state index in [9.17, 15) is 23.9 Å². The van der Waals surface area contributed by atoms with Crippen molar-refractivity contribution in [3.63, 3.8) is 0 Å². The third kappa shape index (κ3) is 4.23. The zero-order valence-electron chi connectivity index (χ0n) is 17.3. The summed E-state index contributed by atoms with van der Waals surface area (Å²) in [5, 5.41) is 6.01. The summed E-state index contributed by atoms with van der Waals surface area (Å²) >= 11 is -11.2. The standard InChI is InChI=1S/C19H16As2N2O7.C2H6/c22-13-8-6-11-15(10-4-2-1-3-5-10)12-7-9-14(23)17(21(27,28)29)19(12)30-18(11)16(13)20(24,25)26;1-2/h1-9,22H,23H2,(H2,24,25,26)(H2,27,28,29);1-2H3/p+1. The summed E-state index contributed by atoms with van der Waals surface area (Å²) in [6.07, 6.45) is 0. The fraction of sp³-hybridized carbons (Fsp3) is 0.0952. The summed E-state index contributed by atoms with van der Waals surface area (Å²) < 4.78 is 69.0. The Labute approximate surface area is 189 Å². The first-order valence-corrected chi connectivity index (χ1v) is 16.3. The van der Waals surface area contributed by atoms with Crippen molar-refractivity contribution in [2.75, 3.05) is 5.73 Å². The molecule has 2 aromatic carbocycles. The zero-order chi connectivity index (χ0) is 23.8. The third-order valence-electron chi connectivity index (χ3n) is 4.71. The van der Waals surface area contributed by atoms with Gasteiger partial charge in [0.1, 0.15) is 0 Å². The van der Waals surface area contributed by atoms with E-state index in [1.54, 1.807) is 42.5 Å². The normalized spacial score (nSPS) is 11.9. The number of anilines is 1. The van der Waals surface area contributed by atoms with E-state index in [0.29, 0.717) is 22.1 Å². The Morgan fingerprint density at radius 3 is 2.00 bits per heavy atom. The van der Waals surface area contributed by atoms with Crippen molar-refractivity contribution in [2.24, 2.45) is 0 Å². The number of benzene rings is 3. The average Bonchev–Trinajstić information content (AvgIpc) is 2.72. The summed E-state index contributed by atoms with van der Waals surface area (Å²) in [5.74, 6) is -0.232. The topological polar surface area (TPSA) is 180 Å². The van der Waals surface area contributed by atoms with Gasteiger partial charge in [0, 0.05) is 0 Å². The molecule has 4 rings (SSSR count). The molecule has 0 saturated heterocycles. The molecule has 0 unspecified atom stereocenters. The number of fused-ring (bicyclic) bond motifs is 2. The van der Waals surface area contributed by atoms with Gasteiger partial charge >= 0.3 is 176 Å². The van der Waals surface area contributed by atoms with Crippen molar-refractivity contribution in [3.8, 4) is 22.5 Å². The Balaban J connectivity index is 0.00000141. The van der Waals surface area contributed by atoms with Gasteiger partial charge < -0.3 is 0 Å². The molecule has 0 fully saturated rings. The molecule has 0 radical (unpaired) electrons. The predicted molar refractivity (Wildman–Crippen MR) is 120 cm³/mol. The van der Waals surface area contributed by atoms with E-state index in [1.165, 1.54) is 12.1 Å². The van der Waals surface area contributed by atoms with E-state index in [4.69, 9.17) is 15.6 Å². The van der Waals surface area contributed by atoms with Gasteiger partial charge in [-0.3, -0.25) is 0 Å². The van der Waals surface area contributed by atoms with Crippen LogP contribution < -0.4 is 25.2 Å². The quantitative estimate of drug-likeness (QED) is 0.0997. The number of nitrogen functional groups attached to an aromatic ring is 1. The monoisotopic (exact) mass is 565 g/mol. The van der Waals surface area contributed by atoms with Gasteiger partial charge in [-0.05, 0) is 0 Å². The predicted octanol–water partition coefficient (Wildman–Crippen LogP) is -1.41. The summed E-state index contributed by atoms with van der Waals surface area (Å²) in [6.45, 7) is 4.00. The van der Waals surface area contributed by atoms with E-state index < -0.39 is 37.0 Å². The van der Waals surface area contributed by atoms with Crippen molar-refractivity contribution in [3.05, 3.63) is 60.0 Å². The number of hydrogen-bond donors (Lipinski definition) is 6. The van der Waals surface area contributed by atoms with Crippen LogP contribution in [0.2, 0.25) is 0 Å². The molecule has 0 amide bonds. The molecule has 0 aromatic heterocycles. The molecule has 11 heteroatoms. The van der Waals surface area contributed by atoms with Crippen LogP contribution in [0.25, 0.3) is 33.4 Å². The maximum atomic E-state index is 12.2. The Hall–Kier alpha value is -2.51. The van der Waals surface area contributed by atoms with Gasteiger partial charge in [-0.1, -0.05) is 13.8 Å². The first-order chi connectivity index (χ1) is 15.0. The second-order valence-corrected chi connectivity index (χ2v) is 13.1. The number of nitrogens with two attached hydrogens (primary N) is 2. The molecule has 0 bridgehead atoms. The van der Waals surface area contributed by atoms with E-state index in [-0.39, 0.29) is 22.4 Å². The van der Waals surface area contributed by atoms with Crippen LogP contribution in [0.1, 0.15) is 13.8 Å². The van der Waals surface area contributed by atoms with Crippen LogP contribution in [-0.2, 0) is 7.48 Å². The maximum absolute atomic E-state index is 12.2. The van der Waals surface area contributed by atoms with Gasteiger partial charge in [0.2, 0.25) is 0 Å². The van der Waals surface area contributed by atoms with Crippen LogP contribution in [0, 0.1) is 0 Å². The summed E-state index contributed by atoms with van der Waals surface area (Å²) in [5.41, 5.74) is 6.93. The minimum atomic E-state index is -5.60. The molecule has 2 aliphatic rings. The van der Waals surface area contributed by atoms with Crippen LogP contribution >= 0.6 is 0 Å². The van der Waals surface area contributed by atoms with E-state index >= 15 is 0 Å². The fourth-order valence-corrected chi connectivity index (χ4v) is 7.07. The van der Waals surface area contributed by atoms with Crippen molar-refractivity contribution < 1.29 is 33.7 Å². The summed E-state index contributed by atoms with van der Waals surface area (Å²) in [4.78, 5) is 0. The molecular formula is C21H23As2N2O7+. The molecular weight excluding hydrogens is 542 g/mol. The first kappa shape index (κ1) is 24.1. The van der Waals surface area contributed by atoms with Gasteiger partial charge in [0.05, 0.1) is 0 Å². The Morgan fingerprint density at radius 1 is 0.844 bits per heavy atom. The Kier molecular flexibility index (Phi) is 6.63. The second kappa shape index (κ2) is 8.79.